The minimum atomic E-state index is 0.310. The average Bonchev–Trinajstić information content (AvgIpc) is 2.80. The van der Waals surface area contributed by atoms with Crippen molar-refractivity contribution in [1.82, 2.24) is 0 Å². The number of hydrogen-bond donors (Lipinski definition) is 1. The van der Waals surface area contributed by atoms with Gasteiger partial charge in [-0.15, -0.1) is 6.58 Å². The van der Waals surface area contributed by atoms with Crippen LogP contribution in [0.1, 0.15) is 30.5 Å². The molecular weight excluding hydrogens is 457 g/mol. The zero-order valence-corrected chi connectivity index (χ0v) is 20.5. The SMILES string of the molecule is C=CCc1cc(CNc2ccc(OCC)cc2)cc(OCC)c1OCc1ccc(Cl)cc1Cl. The van der Waals surface area contributed by atoms with Gasteiger partial charge < -0.3 is 19.5 Å². The summed E-state index contributed by atoms with van der Waals surface area (Å²) in [6, 6.07) is 17.4. The van der Waals surface area contributed by atoms with Crippen LogP contribution in [-0.4, -0.2) is 13.2 Å². The number of anilines is 1. The van der Waals surface area contributed by atoms with Crippen LogP contribution in [0.5, 0.6) is 17.2 Å². The van der Waals surface area contributed by atoms with Gasteiger partial charge in [-0.3, -0.25) is 0 Å². The van der Waals surface area contributed by atoms with Crippen molar-refractivity contribution >= 4 is 28.9 Å². The number of ether oxygens (including phenoxy) is 3. The van der Waals surface area contributed by atoms with E-state index < -0.39 is 0 Å². The monoisotopic (exact) mass is 485 g/mol. The molecule has 3 rings (SSSR count). The second-order valence-electron chi connectivity index (χ2n) is 7.34. The number of benzene rings is 3. The van der Waals surface area contributed by atoms with Crippen molar-refractivity contribution in [2.24, 2.45) is 0 Å². The second kappa shape index (κ2) is 12.4. The van der Waals surface area contributed by atoms with Crippen LogP contribution in [0.3, 0.4) is 0 Å². The van der Waals surface area contributed by atoms with E-state index >= 15 is 0 Å². The Morgan fingerprint density at radius 2 is 1.64 bits per heavy atom. The predicted molar refractivity (Wildman–Crippen MR) is 137 cm³/mol. The lowest BCUT2D eigenvalue weighted by Gasteiger charge is -2.18. The summed E-state index contributed by atoms with van der Waals surface area (Å²) in [4.78, 5) is 0. The Hall–Kier alpha value is -2.82. The topological polar surface area (TPSA) is 39.7 Å². The highest BCUT2D eigenvalue weighted by molar-refractivity contribution is 6.35. The van der Waals surface area contributed by atoms with Gasteiger partial charge >= 0.3 is 0 Å². The third-order valence-corrected chi connectivity index (χ3v) is 5.49. The maximum Gasteiger partial charge on any atom is 0.165 e. The predicted octanol–water partition coefficient (Wildman–Crippen LogP) is 7.71. The van der Waals surface area contributed by atoms with Crippen LogP contribution in [-0.2, 0) is 19.6 Å². The molecule has 0 aromatic heterocycles. The molecule has 0 atom stereocenters. The molecule has 6 heteroatoms. The summed E-state index contributed by atoms with van der Waals surface area (Å²) in [6.07, 6.45) is 2.51. The molecule has 1 N–H and O–H groups in total. The summed E-state index contributed by atoms with van der Waals surface area (Å²) in [7, 11) is 0. The van der Waals surface area contributed by atoms with E-state index in [9.17, 15) is 0 Å². The van der Waals surface area contributed by atoms with Crippen molar-refractivity contribution in [2.75, 3.05) is 18.5 Å². The Bertz CT molecular complexity index is 1070. The first kappa shape index (κ1) is 24.8. The highest BCUT2D eigenvalue weighted by Crippen LogP contribution is 2.35. The quantitative estimate of drug-likeness (QED) is 0.266. The zero-order chi connectivity index (χ0) is 23.6. The largest absolute Gasteiger partial charge is 0.494 e. The summed E-state index contributed by atoms with van der Waals surface area (Å²) in [5, 5.41) is 4.62. The minimum absolute atomic E-state index is 0.310. The zero-order valence-electron chi connectivity index (χ0n) is 19.0. The summed E-state index contributed by atoms with van der Waals surface area (Å²) < 4.78 is 17.6. The van der Waals surface area contributed by atoms with E-state index in [0.717, 1.165) is 28.1 Å². The fourth-order valence-corrected chi connectivity index (χ4v) is 3.85. The van der Waals surface area contributed by atoms with Gasteiger partial charge in [0.25, 0.3) is 0 Å². The van der Waals surface area contributed by atoms with E-state index in [0.29, 0.717) is 54.3 Å². The van der Waals surface area contributed by atoms with E-state index in [2.05, 4.69) is 18.0 Å². The standard InChI is InChI=1S/C27H29Cl2NO3/c1-4-7-20-14-19(17-30-23-10-12-24(13-11-23)31-5-2)15-26(32-6-3)27(20)33-18-21-8-9-22(28)16-25(21)29/h4,8-16,30H,1,5-7,17-18H2,2-3H3. The molecule has 0 aliphatic heterocycles. The summed E-state index contributed by atoms with van der Waals surface area (Å²) in [5.41, 5.74) is 3.96. The van der Waals surface area contributed by atoms with Gasteiger partial charge in [0.2, 0.25) is 0 Å². The molecule has 0 heterocycles. The third kappa shape index (κ3) is 7.08. The molecule has 3 aromatic carbocycles. The first-order valence-electron chi connectivity index (χ1n) is 11.0. The van der Waals surface area contributed by atoms with Crippen molar-refractivity contribution in [2.45, 2.75) is 33.4 Å². The molecular formula is C27H29Cl2NO3. The Labute approximate surface area is 206 Å². The molecule has 0 aliphatic rings. The van der Waals surface area contributed by atoms with Gasteiger partial charge in [-0.25, -0.2) is 0 Å². The summed E-state index contributed by atoms with van der Waals surface area (Å²) in [5.74, 6) is 2.26. The number of halogens is 2. The van der Waals surface area contributed by atoms with Crippen LogP contribution in [0, 0.1) is 0 Å². The Kier molecular flexibility index (Phi) is 9.35. The molecule has 174 valence electrons. The van der Waals surface area contributed by atoms with Crippen LogP contribution in [0.4, 0.5) is 5.69 Å². The van der Waals surface area contributed by atoms with Crippen molar-refractivity contribution in [3.63, 3.8) is 0 Å². The fraction of sp³-hybridized carbons (Fsp3) is 0.259. The van der Waals surface area contributed by atoms with Crippen molar-refractivity contribution in [3.05, 3.63) is 94.0 Å². The van der Waals surface area contributed by atoms with Gasteiger partial charge in [0.1, 0.15) is 12.4 Å². The normalized spacial score (nSPS) is 10.5. The lowest BCUT2D eigenvalue weighted by molar-refractivity contribution is 0.267. The molecule has 0 aliphatic carbocycles. The lowest BCUT2D eigenvalue weighted by atomic mass is 10.0. The Balaban J connectivity index is 1.80. The van der Waals surface area contributed by atoms with Crippen molar-refractivity contribution in [1.29, 1.82) is 0 Å². The third-order valence-electron chi connectivity index (χ3n) is 4.90. The molecule has 0 bridgehead atoms. The molecule has 0 radical (unpaired) electrons. The molecule has 0 unspecified atom stereocenters. The first-order valence-corrected chi connectivity index (χ1v) is 11.7. The average molecular weight is 486 g/mol. The molecule has 0 fully saturated rings. The van der Waals surface area contributed by atoms with Gasteiger partial charge in [0.05, 0.1) is 13.2 Å². The second-order valence-corrected chi connectivity index (χ2v) is 8.19. The smallest absolute Gasteiger partial charge is 0.165 e. The van der Waals surface area contributed by atoms with Crippen LogP contribution in [0.15, 0.2) is 67.3 Å². The molecule has 0 spiro atoms. The molecule has 0 saturated carbocycles. The molecule has 3 aromatic rings. The van der Waals surface area contributed by atoms with Crippen LogP contribution in [0.25, 0.3) is 0 Å². The number of allylic oxidation sites excluding steroid dienone is 1. The van der Waals surface area contributed by atoms with E-state index in [1.165, 1.54) is 0 Å². The van der Waals surface area contributed by atoms with E-state index in [-0.39, 0.29) is 0 Å². The number of rotatable bonds is 12. The van der Waals surface area contributed by atoms with Crippen molar-refractivity contribution < 1.29 is 14.2 Å². The van der Waals surface area contributed by atoms with Crippen molar-refractivity contribution in [3.8, 4) is 17.2 Å². The van der Waals surface area contributed by atoms with E-state index in [4.69, 9.17) is 37.4 Å². The highest BCUT2D eigenvalue weighted by atomic mass is 35.5. The maximum atomic E-state index is 6.32. The van der Waals surface area contributed by atoms with E-state index in [1.807, 2.05) is 56.3 Å². The fourth-order valence-electron chi connectivity index (χ4n) is 3.39. The Morgan fingerprint density at radius 3 is 2.30 bits per heavy atom. The van der Waals surface area contributed by atoms with Gasteiger partial charge in [-0.1, -0.05) is 35.3 Å². The van der Waals surface area contributed by atoms with Crippen LogP contribution in [0.2, 0.25) is 10.0 Å². The van der Waals surface area contributed by atoms with Gasteiger partial charge in [0.15, 0.2) is 11.5 Å². The molecule has 0 amide bonds. The first-order chi connectivity index (χ1) is 16.0. The maximum absolute atomic E-state index is 6.32. The minimum Gasteiger partial charge on any atom is -0.494 e. The highest BCUT2D eigenvalue weighted by Gasteiger charge is 2.15. The number of hydrogen-bond acceptors (Lipinski definition) is 4. The lowest BCUT2D eigenvalue weighted by Crippen LogP contribution is -2.06. The van der Waals surface area contributed by atoms with Gasteiger partial charge in [0, 0.05) is 33.4 Å². The molecule has 0 saturated heterocycles. The van der Waals surface area contributed by atoms with Gasteiger partial charge in [-0.2, -0.15) is 0 Å². The molecule has 33 heavy (non-hydrogen) atoms. The summed E-state index contributed by atoms with van der Waals surface area (Å²) in [6.45, 7) is 9.96. The van der Waals surface area contributed by atoms with Crippen LogP contribution >= 0.6 is 23.2 Å². The Morgan fingerprint density at radius 1 is 0.879 bits per heavy atom. The van der Waals surface area contributed by atoms with Gasteiger partial charge in [-0.05, 0) is 74.4 Å². The van der Waals surface area contributed by atoms with E-state index in [1.54, 1.807) is 12.1 Å². The molecule has 4 nitrogen and oxygen atoms in total. The number of nitrogens with one attached hydrogen (secondary N) is 1. The summed E-state index contributed by atoms with van der Waals surface area (Å²) >= 11 is 12.3. The van der Waals surface area contributed by atoms with Crippen LogP contribution < -0.4 is 19.5 Å².